The standard InChI is InChI=1S/C22H22N2O3/c25-21(23-14-4-8-17-6-2-1-3-7-17)18-10-12-19(13-11-18)22(26)24-16-20-9-5-15-27-20/h1-3,5-7,9-13,15H,4,8,14,16H2,(H,23,25)(H,24,26). The second-order valence-electron chi connectivity index (χ2n) is 6.18. The first-order valence-electron chi connectivity index (χ1n) is 8.95. The molecule has 1 heterocycles. The molecule has 0 saturated carbocycles. The van der Waals surface area contributed by atoms with E-state index in [4.69, 9.17) is 4.42 Å². The van der Waals surface area contributed by atoms with Crippen molar-refractivity contribution in [1.82, 2.24) is 10.6 Å². The molecule has 0 spiro atoms. The summed E-state index contributed by atoms with van der Waals surface area (Å²) in [6.07, 6.45) is 3.37. The molecule has 27 heavy (non-hydrogen) atoms. The van der Waals surface area contributed by atoms with Gasteiger partial charge < -0.3 is 15.1 Å². The van der Waals surface area contributed by atoms with Crippen LogP contribution in [0.15, 0.2) is 77.4 Å². The minimum Gasteiger partial charge on any atom is -0.467 e. The van der Waals surface area contributed by atoms with E-state index in [2.05, 4.69) is 22.8 Å². The van der Waals surface area contributed by atoms with Crippen LogP contribution in [0.25, 0.3) is 0 Å². The van der Waals surface area contributed by atoms with Crippen LogP contribution in [-0.2, 0) is 13.0 Å². The molecule has 0 saturated heterocycles. The fraction of sp³-hybridized carbons (Fsp3) is 0.182. The number of furan rings is 1. The average Bonchev–Trinajstić information content (AvgIpc) is 3.24. The Morgan fingerprint density at radius 1 is 0.778 bits per heavy atom. The molecule has 0 unspecified atom stereocenters. The van der Waals surface area contributed by atoms with Crippen LogP contribution < -0.4 is 10.6 Å². The van der Waals surface area contributed by atoms with Gasteiger partial charge in [-0.2, -0.15) is 0 Å². The Morgan fingerprint density at radius 2 is 1.44 bits per heavy atom. The maximum Gasteiger partial charge on any atom is 0.251 e. The maximum absolute atomic E-state index is 12.2. The average molecular weight is 362 g/mol. The molecule has 0 aliphatic carbocycles. The van der Waals surface area contributed by atoms with Crippen molar-refractivity contribution in [2.45, 2.75) is 19.4 Å². The first-order valence-corrected chi connectivity index (χ1v) is 8.95. The molecule has 2 aromatic carbocycles. The van der Waals surface area contributed by atoms with Crippen molar-refractivity contribution in [3.8, 4) is 0 Å². The SMILES string of the molecule is O=C(NCCCc1ccccc1)c1ccc(C(=O)NCc2ccco2)cc1. The predicted octanol–water partition coefficient (Wildman–Crippen LogP) is 3.57. The van der Waals surface area contributed by atoms with Gasteiger partial charge in [-0.25, -0.2) is 0 Å². The molecule has 0 atom stereocenters. The van der Waals surface area contributed by atoms with E-state index in [0.717, 1.165) is 12.8 Å². The van der Waals surface area contributed by atoms with Crippen molar-refractivity contribution in [2.24, 2.45) is 0 Å². The van der Waals surface area contributed by atoms with Crippen molar-refractivity contribution < 1.29 is 14.0 Å². The maximum atomic E-state index is 12.2. The van der Waals surface area contributed by atoms with Crippen molar-refractivity contribution in [1.29, 1.82) is 0 Å². The van der Waals surface area contributed by atoms with Gasteiger partial charge in [-0.15, -0.1) is 0 Å². The summed E-state index contributed by atoms with van der Waals surface area (Å²) >= 11 is 0. The second kappa shape index (κ2) is 9.38. The van der Waals surface area contributed by atoms with Gasteiger partial charge in [0.1, 0.15) is 5.76 Å². The van der Waals surface area contributed by atoms with E-state index in [1.54, 1.807) is 42.7 Å². The number of hydrogen-bond acceptors (Lipinski definition) is 3. The van der Waals surface area contributed by atoms with Crippen LogP contribution in [0.1, 0.15) is 38.5 Å². The van der Waals surface area contributed by atoms with E-state index in [1.165, 1.54) is 5.56 Å². The molecule has 2 amide bonds. The zero-order valence-corrected chi connectivity index (χ0v) is 15.0. The molecular weight excluding hydrogens is 340 g/mol. The van der Waals surface area contributed by atoms with E-state index in [1.807, 2.05) is 18.2 Å². The van der Waals surface area contributed by atoms with Crippen LogP contribution >= 0.6 is 0 Å². The molecule has 5 nitrogen and oxygen atoms in total. The summed E-state index contributed by atoms with van der Waals surface area (Å²) in [5, 5.41) is 5.68. The lowest BCUT2D eigenvalue weighted by atomic mass is 10.1. The Morgan fingerprint density at radius 3 is 2.07 bits per heavy atom. The van der Waals surface area contributed by atoms with E-state index in [0.29, 0.717) is 30.0 Å². The van der Waals surface area contributed by atoms with Crippen LogP contribution in [0, 0.1) is 0 Å². The smallest absolute Gasteiger partial charge is 0.251 e. The first kappa shape index (κ1) is 18.5. The Bertz CT molecular complexity index is 856. The molecular formula is C22H22N2O3. The van der Waals surface area contributed by atoms with Gasteiger partial charge in [0.2, 0.25) is 0 Å². The lowest BCUT2D eigenvalue weighted by molar-refractivity contribution is 0.0938. The molecule has 138 valence electrons. The number of carbonyl (C=O) groups is 2. The monoisotopic (exact) mass is 362 g/mol. The zero-order valence-electron chi connectivity index (χ0n) is 15.0. The number of nitrogens with one attached hydrogen (secondary N) is 2. The molecule has 0 fully saturated rings. The number of benzene rings is 2. The summed E-state index contributed by atoms with van der Waals surface area (Å²) in [5.74, 6) is 0.349. The van der Waals surface area contributed by atoms with Gasteiger partial charge in [0.15, 0.2) is 0 Å². The van der Waals surface area contributed by atoms with Gasteiger partial charge >= 0.3 is 0 Å². The molecule has 2 N–H and O–H groups in total. The minimum atomic E-state index is -0.207. The van der Waals surface area contributed by atoms with Crippen LogP contribution in [-0.4, -0.2) is 18.4 Å². The van der Waals surface area contributed by atoms with E-state index in [9.17, 15) is 9.59 Å². The quantitative estimate of drug-likeness (QED) is 0.602. The van der Waals surface area contributed by atoms with Crippen LogP contribution in [0.5, 0.6) is 0 Å². The molecule has 0 radical (unpaired) electrons. The molecule has 3 rings (SSSR count). The van der Waals surface area contributed by atoms with Gasteiger partial charge in [0.25, 0.3) is 11.8 Å². The minimum absolute atomic E-state index is 0.134. The third-order valence-corrected chi connectivity index (χ3v) is 4.18. The van der Waals surface area contributed by atoms with Crippen LogP contribution in [0.3, 0.4) is 0 Å². The van der Waals surface area contributed by atoms with Gasteiger partial charge in [0, 0.05) is 17.7 Å². The second-order valence-corrected chi connectivity index (χ2v) is 6.18. The Balaban J connectivity index is 1.43. The predicted molar refractivity (Wildman–Crippen MR) is 103 cm³/mol. The van der Waals surface area contributed by atoms with Gasteiger partial charge in [-0.05, 0) is 54.8 Å². The fourth-order valence-electron chi connectivity index (χ4n) is 2.70. The summed E-state index contributed by atoms with van der Waals surface area (Å²) in [5.41, 5.74) is 2.30. The lowest BCUT2D eigenvalue weighted by Crippen LogP contribution is -2.25. The normalized spacial score (nSPS) is 10.4. The third-order valence-electron chi connectivity index (χ3n) is 4.18. The van der Waals surface area contributed by atoms with Crippen molar-refractivity contribution in [3.05, 3.63) is 95.4 Å². The van der Waals surface area contributed by atoms with E-state index >= 15 is 0 Å². The first-order chi connectivity index (χ1) is 13.2. The summed E-state index contributed by atoms with van der Waals surface area (Å²) in [6, 6.07) is 20.4. The highest BCUT2D eigenvalue weighted by Gasteiger charge is 2.09. The number of rotatable bonds is 8. The third kappa shape index (κ3) is 5.57. The largest absolute Gasteiger partial charge is 0.467 e. The van der Waals surface area contributed by atoms with Gasteiger partial charge in [-0.1, -0.05) is 30.3 Å². The molecule has 0 aliphatic rings. The summed E-state index contributed by atoms with van der Waals surface area (Å²) in [4.78, 5) is 24.3. The molecule has 0 bridgehead atoms. The highest BCUT2D eigenvalue weighted by atomic mass is 16.3. The number of aryl methyl sites for hydroxylation is 1. The summed E-state index contributed by atoms with van der Waals surface area (Å²) < 4.78 is 5.18. The van der Waals surface area contributed by atoms with Crippen molar-refractivity contribution >= 4 is 11.8 Å². The number of hydrogen-bond donors (Lipinski definition) is 2. The molecule has 3 aromatic rings. The van der Waals surface area contributed by atoms with Crippen LogP contribution in [0.2, 0.25) is 0 Å². The molecule has 5 heteroatoms. The highest BCUT2D eigenvalue weighted by molar-refractivity contribution is 5.97. The van der Waals surface area contributed by atoms with Crippen molar-refractivity contribution in [3.63, 3.8) is 0 Å². The lowest BCUT2D eigenvalue weighted by Gasteiger charge is -2.07. The highest BCUT2D eigenvalue weighted by Crippen LogP contribution is 2.06. The van der Waals surface area contributed by atoms with E-state index < -0.39 is 0 Å². The van der Waals surface area contributed by atoms with Gasteiger partial charge in [-0.3, -0.25) is 9.59 Å². The molecule has 0 aliphatic heterocycles. The fourth-order valence-corrected chi connectivity index (χ4v) is 2.70. The number of carbonyl (C=O) groups excluding carboxylic acids is 2. The zero-order chi connectivity index (χ0) is 18.9. The van der Waals surface area contributed by atoms with Crippen LogP contribution in [0.4, 0.5) is 0 Å². The Hall–Kier alpha value is -3.34. The topological polar surface area (TPSA) is 71.3 Å². The number of amides is 2. The van der Waals surface area contributed by atoms with Crippen molar-refractivity contribution in [2.75, 3.05) is 6.54 Å². The summed E-state index contributed by atoms with van der Waals surface area (Å²) in [7, 11) is 0. The van der Waals surface area contributed by atoms with E-state index in [-0.39, 0.29) is 11.8 Å². The Kier molecular flexibility index (Phi) is 6.41. The Labute approximate surface area is 158 Å². The summed E-state index contributed by atoms with van der Waals surface area (Å²) in [6.45, 7) is 0.939. The van der Waals surface area contributed by atoms with Gasteiger partial charge in [0.05, 0.1) is 12.8 Å². The molecule has 1 aromatic heterocycles.